The van der Waals surface area contributed by atoms with Gasteiger partial charge in [0.2, 0.25) is 0 Å². The van der Waals surface area contributed by atoms with Gasteiger partial charge in [-0.1, -0.05) is 12.1 Å². The minimum atomic E-state index is -1.02. The molecule has 5 heteroatoms. The van der Waals surface area contributed by atoms with Crippen LogP contribution in [0.15, 0.2) is 65.6 Å². The van der Waals surface area contributed by atoms with Crippen LogP contribution < -0.4 is 5.32 Å². The highest BCUT2D eigenvalue weighted by Crippen LogP contribution is 2.29. The standard InChI is InChI=1S/C15H11N3O2/c19-15(20)14-9-13(10-5-7-16-8-6-10)17-11-3-1-2-4-12(11)18-14/h1-9,18H,(H,19,20). The molecule has 5 nitrogen and oxygen atoms in total. The molecule has 0 unspecified atom stereocenters. The molecule has 0 aliphatic carbocycles. The lowest BCUT2D eigenvalue weighted by Gasteiger charge is -2.06. The number of para-hydroxylation sites is 2. The van der Waals surface area contributed by atoms with Gasteiger partial charge in [0.15, 0.2) is 0 Å². The number of aromatic nitrogens is 1. The molecule has 1 aromatic carbocycles. The van der Waals surface area contributed by atoms with Crippen molar-refractivity contribution in [2.75, 3.05) is 5.32 Å². The number of carbonyl (C=O) groups is 1. The van der Waals surface area contributed by atoms with Gasteiger partial charge in [-0.15, -0.1) is 0 Å². The first kappa shape index (κ1) is 12.1. The molecule has 0 saturated carbocycles. The summed E-state index contributed by atoms with van der Waals surface area (Å²) in [7, 11) is 0. The zero-order valence-electron chi connectivity index (χ0n) is 10.4. The number of hydrogen-bond donors (Lipinski definition) is 2. The molecule has 0 saturated heterocycles. The normalized spacial score (nSPS) is 13.4. The van der Waals surface area contributed by atoms with Crippen molar-refractivity contribution in [1.29, 1.82) is 0 Å². The molecule has 98 valence electrons. The molecule has 0 spiro atoms. The van der Waals surface area contributed by atoms with E-state index in [-0.39, 0.29) is 5.70 Å². The van der Waals surface area contributed by atoms with Gasteiger partial charge in [0.1, 0.15) is 5.70 Å². The van der Waals surface area contributed by atoms with Crippen molar-refractivity contribution in [2.45, 2.75) is 0 Å². The summed E-state index contributed by atoms with van der Waals surface area (Å²) in [4.78, 5) is 19.8. The van der Waals surface area contributed by atoms with Gasteiger partial charge in [0, 0.05) is 18.0 Å². The van der Waals surface area contributed by atoms with E-state index >= 15 is 0 Å². The summed E-state index contributed by atoms with van der Waals surface area (Å²) in [5.74, 6) is -1.02. The number of carboxylic acid groups (broad SMARTS) is 1. The number of allylic oxidation sites excluding steroid dienone is 1. The Morgan fingerprint density at radius 2 is 1.85 bits per heavy atom. The van der Waals surface area contributed by atoms with E-state index in [1.807, 2.05) is 18.2 Å². The average molecular weight is 265 g/mol. The molecular formula is C15H11N3O2. The van der Waals surface area contributed by atoms with Gasteiger partial charge in [0.05, 0.1) is 17.1 Å². The summed E-state index contributed by atoms with van der Waals surface area (Å²) in [6, 6.07) is 10.9. The van der Waals surface area contributed by atoms with Gasteiger partial charge in [0.25, 0.3) is 0 Å². The number of benzene rings is 1. The molecule has 20 heavy (non-hydrogen) atoms. The second kappa shape index (κ2) is 4.97. The highest BCUT2D eigenvalue weighted by Gasteiger charge is 2.16. The van der Waals surface area contributed by atoms with Gasteiger partial charge < -0.3 is 10.4 Å². The van der Waals surface area contributed by atoms with E-state index < -0.39 is 5.97 Å². The van der Waals surface area contributed by atoms with Crippen LogP contribution in [-0.2, 0) is 4.79 Å². The fraction of sp³-hybridized carbons (Fsp3) is 0. The molecule has 0 bridgehead atoms. The molecule has 0 radical (unpaired) electrons. The lowest BCUT2D eigenvalue weighted by Crippen LogP contribution is -2.11. The fourth-order valence-corrected chi connectivity index (χ4v) is 1.94. The number of anilines is 1. The largest absolute Gasteiger partial charge is 0.477 e. The van der Waals surface area contributed by atoms with Gasteiger partial charge in [-0.2, -0.15) is 0 Å². The molecule has 2 N–H and O–H groups in total. The third-order valence-electron chi connectivity index (χ3n) is 2.90. The van der Waals surface area contributed by atoms with E-state index in [4.69, 9.17) is 0 Å². The van der Waals surface area contributed by atoms with Crippen LogP contribution in [-0.4, -0.2) is 21.8 Å². The lowest BCUT2D eigenvalue weighted by atomic mass is 10.1. The topological polar surface area (TPSA) is 74.6 Å². The van der Waals surface area contributed by atoms with E-state index in [0.717, 1.165) is 5.56 Å². The predicted octanol–water partition coefficient (Wildman–Crippen LogP) is 2.60. The zero-order valence-corrected chi connectivity index (χ0v) is 10.4. The number of nitrogens with zero attached hydrogens (tertiary/aromatic N) is 2. The predicted molar refractivity (Wildman–Crippen MR) is 76.2 cm³/mol. The molecule has 0 amide bonds. The maximum atomic E-state index is 11.3. The van der Waals surface area contributed by atoms with Crippen molar-refractivity contribution in [3.63, 3.8) is 0 Å². The smallest absolute Gasteiger partial charge is 0.352 e. The molecular weight excluding hydrogens is 254 g/mol. The van der Waals surface area contributed by atoms with Crippen molar-refractivity contribution in [1.82, 2.24) is 4.98 Å². The number of aliphatic imine (C=N–C) groups is 1. The summed E-state index contributed by atoms with van der Waals surface area (Å²) < 4.78 is 0. The number of pyridine rings is 1. The number of nitrogens with one attached hydrogen (secondary N) is 1. The lowest BCUT2D eigenvalue weighted by molar-refractivity contribution is -0.132. The van der Waals surface area contributed by atoms with E-state index in [1.54, 1.807) is 30.6 Å². The monoisotopic (exact) mass is 265 g/mol. The first-order chi connectivity index (χ1) is 9.74. The average Bonchev–Trinajstić information content (AvgIpc) is 2.67. The highest BCUT2D eigenvalue weighted by atomic mass is 16.4. The molecule has 1 aromatic heterocycles. The number of rotatable bonds is 2. The minimum absolute atomic E-state index is 0.0884. The van der Waals surface area contributed by atoms with Gasteiger partial charge in [-0.05, 0) is 30.3 Å². The van der Waals surface area contributed by atoms with Crippen molar-refractivity contribution < 1.29 is 9.90 Å². The molecule has 2 aromatic rings. The van der Waals surface area contributed by atoms with Gasteiger partial charge >= 0.3 is 5.97 Å². The van der Waals surface area contributed by atoms with Gasteiger partial charge in [-0.25, -0.2) is 9.79 Å². The van der Waals surface area contributed by atoms with Crippen molar-refractivity contribution >= 4 is 23.1 Å². The third kappa shape index (κ3) is 2.29. The molecule has 1 aliphatic rings. The second-order valence-corrected chi connectivity index (χ2v) is 4.24. The quantitative estimate of drug-likeness (QED) is 0.875. The second-order valence-electron chi connectivity index (χ2n) is 4.24. The van der Waals surface area contributed by atoms with Crippen LogP contribution in [0.25, 0.3) is 0 Å². The zero-order chi connectivity index (χ0) is 13.9. The van der Waals surface area contributed by atoms with E-state index in [0.29, 0.717) is 17.1 Å². The van der Waals surface area contributed by atoms with Crippen molar-refractivity contribution in [2.24, 2.45) is 4.99 Å². The Balaban J connectivity index is 2.17. The third-order valence-corrected chi connectivity index (χ3v) is 2.90. The summed E-state index contributed by atoms with van der Waals surface area (Å²) in [6.45, 7) is 0. The highest BCUT2D eigenvalue weighted by molar-refractivity contribution is 6.14. The van der Waals surface area contributed by atoms with Gasteiger partial charge in [-0.3, -0.25) is 4.98 Å². The Hall–Kier alpha value is -2.95. The molecule has 3 rings (SSSR count). The molecule has 1 aliphatic heterocycles. The fourth-order valence-electron chi connectivity index (χ4n) is 1.94. The van der Waals surface area contributed by atoms with E-state index in [2.05, 4.69) is 15.3 Å². The van der Waals surface area contributed by atoms with Crippen molar-refractivity contribution in [3.8, 4) is 0 Å². The first-order valence-corrected chi connectivity index (χ1v) is 6.04. The first-order valence-electron chi connectivity index (χ1n) is 6.04. The van der Waals surface area contributed by atoms with Crippen LogP contribution in [0.5, 0.6) is 0 Å². The Bertz CT molecular complexity index is 721. The van der Waals surface area contributed by atoms with Crippen LogP contribution in [0.4, 0.5) is 11.4 Å². The summed E-state index contributed by atoms with van der Waals surface area (Å²) in [5, 5.41) is 12.1. The van der Waals surface area contributed by atoms with Crippen LogP contribution in [0.2, 0.25) is 0 Å². The SMILES string of the molecule is O=C(O)C1=CC(c2ccncc2)=Nc2ccccc2N1. The Labute approximate surface area is 115 Å². The summed E-state index contributed by atoms with van der Waals surface area (Å²) >= 11 is 0. The maximum absolute atomic E-state index is 11.3. The minimum Gasteiger partial charge on any atom is -0.477 e. The number of carboxylic acids is 1. The Morgan fingerprint density at radius 1 is 1.10 bits per heavy atom. The Kier molecular flexibility index (Phi) is 3.01. The summed E-state index contributed by atoms with van der Waals surface area (Å²) in [6.07, 6.45) is 4.82. The van der Waals surface area contributed by atoms with Crippen LogP contribution in [0.3, 0.4) is 0 Å². The number of fused-ring (bicyclic) bond motifs is 1. The van der Waals surface area contributed by atoms with E-state index in [9.17, 15) is 9.90 Å². The Morgan fingerprint density at radius 3 is 2.60 bits per heavy atom. The molecule has 0 atom stereocenters. The van der Waals surface area contributed by atoms with E-state index in [1.165, 1.54) is 6.08 Å². The van der Waals surface area contributed by atoms with Crippen LogP contribution in [0.1, 0.15) is 5.56 Å². The van der Waals surface area contributed by atoms with Crippen LogP contribution in [0, 0.1) is 0 Å². The number of aliphatic carboxylic acids is 1. The molecule has 0 fully saturated rings. The van der Waals surface area contributed by atoms with Crippen LogP contribution >= 0.6 is 0 Å². The molecule has 2 heterocycles. The van der Waals surface area contributed by atoms with Crippen molar-refractivity contribution in [3.05, 3.63) is 66.1 Å². The maximum Gasteiger partial charge on any atom is 0.352 e. The summed E-state index contributed by atoms with van der Waals surface area (Å²) in [5.41, 5.74) is 2.86. The number of hydrogen-bond acceptors (Lipinski definition) is 4.